The Hall–Kier alpha value is -4.27. The summed E-state index contributed by atoms with van der Waals surface area (Å²) in [5, 5.41) is 10.7. The van der Waals surface area contributed by atoms with Crippen molar-refractivity contribution in [1.82, 2.24) is 4.90 Å². The molecule has 0 saturated heterocycles. The fourth-order valence-electron chi connectivity index (χ4n) is 3.40. The summed E-state index contributed by atoms with van der Waals surface area (Å²) >= 11 is 0. The number of unbranched alkanes of at least 4 members (excludes halogenated alkanes) is 1. The predicted octanol–water partition coefficient (Wildman–Crippen LogP) is 4.09. The van der Waals surface area contributed by atoms with E-state index in [4.69, 9.17) is 9.15 Å². The standard InChI is InChI=1S/C23H18N2O7/c26-21-17-5-1-2-6-18(17)22(27)24(21)13-3-4-14-31-23(28)20-12-11-19(32-20)15-7-9-16(10-8-15)25(29)30/h1-2,5-12H,3-4,13-14H2. The van der Waals surface area contributed by atoms with Crippen LogP contribution in [0.3, 0.4) is 0 Å². The van der Waals surface area contributed by atoms with Gasteiger partial charge in [0.15, 0.2) is 0 Å². The second kappa shape index (κ2) is 8.84. The Bertz CT molecular complexity index is 1160. The highest BCUT2D eigenvalue weighted by Gasteiger charge is 2.34. The average molecular weight is 434 g/mol. The van der Waals surface area contributed by atoms with E-state index in [1.165, 1.54) is 35.2 Å². The van der Waals surface area contributed by atoms with Gasteiger partial charge in [-0.15, -0.1) is 0 Å². The molecule has 0 N–H and O–H groups in total. The minimum atomic E-state index is -0.640. The molecule has 2 heterocycles. The number of non-ortho nitro benzene ring substituents is 1. The fourth-order valence-corrected chi connectivity index (χ4v) is 3.40. The van der Waals surface area contributed by atoms with Crippen LogP contribution in [-0.2, 0) is 4.74 Å². The van der Waals surface area contributed by atoms with Gasteiger partial charge in [0.2, 0.25) is 5.76 Å². The van der Waals surface area contributed by atoms with E-state index in [-0.39, 0.29) is 36.4 Å². The molecule has 162 valence electrons. The molecule has 0 radical (unpaired) electrons. The highest BCUT2D eigenvalue weighted by Crippen LogP contribution is 2.25. The van der Waals surface area contributed by atoms with Crippen LogP contribution in [0.15, 0.2) is 65.1 Å². The molecule has 0 saturated carbocycles. The van der Waals surface area contributed by atoms with Crippen LogP contribution in [0.4, 0.5) is 5.69 Å². The molecule has 0 fully saturated rings. The molecule has 9 heteroatoms. The lowest BCUT2D eigenvalue weighted by Gasteiger charge is -2.13. The van der Waals surface area contributed by atoms with Crippen molar-refractivity contribution in [1.29, 1.82) is 0 Å². The highest BCUT2D eigenvalue weighted by molar-refractivity contribution is 6.21. The summed E-state index contributed by atoms with van der Waals surface area (Å²) in [7, 11) is 0. The van der Waals surface area contributed by atoms with E-state index in [0.29, 0.717) is 35.3 Å². The molecule has 0 aliphatic carbocycles. The maximum atomic E-state index is 12.3. The molecule has 1 aromatic heterocycles. The lowest BCUT2D eigenvalue weighted by atomic mass is 10.1. The minimum absolute atomic E-state index is 0.0127. The van der Waals surface area contributed by atoms with Gasteiger partial charge in [-0.2, -0.15) is 0 Å². The summed E-state index contributed by atoms with van der Waals surface area (Å²) in [4.78, 5) is 48.2. The average Bonchev–Trinajstić information content (AvgIpc) is 3.39. The van der Waals surface area contributed by atoms with Gasteiger partial charge in [0.25, 0.3) is 17.5 Å². The maximum absolute atomic E-state index is 12.3. The Morgan fingerprint density at radius 2 is 1.59 bits per heavy atom. The normalized spacial score (nSPS) is 12.7. The van der Waals surface area contributed by atoms with Gasteiger partial charge in [-0.1, -0.05) is 12.1 Å². The number of hydrogen-bond donors (Lipinski definition) is 0. The quantitative estimate of drug-likeness (QED) is 0.172. The molecular formula is C23H18N2O7. The van der Waals surface area contributed by atoms with Gasteiger partial charge in [0, 0.05) is 24.2 Å². The summed E-state index contributed by atoms with van der Waals surface area (Å²) in [6, 6.07) is 15.5. The van der Waals surface area contributed by atoms with Crippen molar-refractivity contribution in [2.75, 3.05) is 13.2 Å². The third-order valence-electron chi connectivity index (χ3n) is 5.06. The van der Waals surface area contributed by atoms with E-state index < -0.39 is 10.9 Å². The summed E-state index contributed by atoms with van der Waals surface area (Å²) in [5.41, 5.74) is 1.37. The van der Waals surface area contributed by atoms with Gasteiger partial charge in [0.1, 0.15) is 5.76 Å². The first-order valence-corrected chi connectivity index (χ1v) is 9.93. The monoisotopic (exact) mass is 434 g/mol. The van der Waals surface area contributed by atoms with E-state index in [1.54, 1.807) is 30.3 Å². The summed E-state index contributed by atoms with van der Waals surface area (Å²) in [5.74, 6) is -0.857. The van der Waals surface area contributed by atoms with Gasteiger partial charge in [-0.25, -0.2) is 4.79 Å². The van der Waals surface area contributed by atoms with Gasteiger partial charge in [-0.3, -0.25) is 24.6 Å². The first kappa shape index (κ1) is 21.0. The third-order valence-corrected chi connectivity index (χ3v) is 5.06. The number of carbonyl (C=O) groups excluding carboxylic acids is 3. The number of benzene rings is 2. The zero-order valence-corrected chi connectivity index (χ0v) is 16.9. The van der Waals surface area contributed by atoms with Crippen molar-refractivity contribution in [2.24, 2.45) is 0 Å². The molecule has 0 bridgehead atoms. The van der Waals surface area contributed by atoms with E-state index >= 15 is 0 Å². The Morgan fingerprint density at radius 3 is 2.22 bits per heavy atom. The topological polar surface area (TPSA) is 120 Å². The SMILES string of the molecule is O=C(OCCCCN1C(=O)c2ccccc2C1=O)c1ccc(-c2ccc([N+](=O)[O-])cc2)o1. The molecule has 1 aliphatic rings. The Balaban J connectivity index is 1.24. The number of furan rings is 1. The molecule has 2 aromatic carbocycles. The molecule has 0 unspecified atom stereocenters. The van der Waals surface area contributed by atoms with Gasteiger partial charge < -0.3 is 9.15 Å². The van der Waals surface area contributed by atoms with Crippen molar-refractivity contribution < 1.29 is 28.5 Å². The largest absolute Gasteiger partial charge is 0.460 e. The summed E-state index contributed by atoms with van der Waals surface area (Å²) in [6.07, 6.45) is 0.958. The van der Waals surface area contributed by atoms with Crippen LogP contribution in [0.5, 0.6) is 0 Å². The van der Waals surface area contributed by atoms with Gasteiger partial charge in [-0.05, 0) is 49.2 Å². The third kappa shape index (κ3) is 4.13. The van der Waals surface area contributed by atoms with E-state index in [9.17, 15) is 24.5 Å². The number of hydrogen-bond acceptors (Lipinski definition) is 7. The number of carbonyl (C=O) groups is 3. The van der Waals surface area contributed by atoms with Crippen molar-refractivity contribution in [3.05, 3.63) is 87.7 Å². The molecule has 0 atom stereocenters. The van der Waals surface area contributed by atoms with E-state index in [0.717, 1.165) is 0 Å². The number of esters is 1. The van der Waals surface area contributed by atoms with E-state index in [1.807, 2.05) is 0 Å². The van der Waals surface area contributed by atoms with Gasteiger partial charge >= 0.3 is 5.97 Å². The number of imide groups is 1. The molecule has 9 nitrogen and oxygen atoms in total. The molecule has 1 aliphatic heterocycles. The molecule has 32 heavy (non-hydrogen) atoms. The molecular weight excluding hydrogens is 416 g/mol. The van der Waals surface area contributed by atoms with E-state index in [2.05, 4.69) is 0 Å². The zero-order valence-electron chi connectivity index (χ0n) is 16.9. The highest BCUT2D eigenvalue weighted by atomic mass is 16.6. The Labute approximate surface area is 182 Å². The molecule has 0 spiro atoms. The first-order valence-electron chi connectivity index (χ1n) is 9.93. The van der Waals surface area contributed by atoms with Crippen LogP contribution < -0.4 is 0 Å². The van der Waals surface area contributed by atoms with Crippen molar-refractivity contribution in [3.8, 4) is 11.3 Å². The van der Waals surface area contributed by atoms with Crippen LogP contribution in [-0.4, -0.2) is 40.8 Å². The Morgan fingerprint density at radius 1 is 0.938 bits per heavy atom. The van der Waals surface area contributed by atoms with Gasteiger partial charge in [0.05, 0.1) is 22.7 Å². The van der Waals surface area contributed by atoms with Crippen molar-refractivity contribution >= 4 is 23.5 Å². The maximum Gasteiger partial charge on any atom is 0.374 e. The van der Waals surface area contributed by atoms with Crippen LogP contribution >= 0.6 is 0 Å². The van der Waals surface area contributed by atoms with Crippen LogP contribution in [0.2, 0.25) is 0 Å². The predicted molar refractivity (Wildman–Crippen MR) is 112 cm³/mol. The second-order valence-electron chi connectivity index (χ2n) is 7.12. The number of nitro benzene ring substituents is 1. The fraction of sp³-hybridized carbons (Fsp3) is 0.174. The Kier molecular flexibility index (Phi) is 5.80. The lowest BCUT2D eigenvalue weighted by Crippen LogP contribution is -2.30. The van der Waals surface area contributed by atoms with Crippen molar-refractivity contribution in [2.45, 2.75) is 12.8 Å². The van der Waals surface area contributed by atoms with Crippen LogP contribution in [0, 0.1) is 10.1 Å². The number of fused-ring (bicyclic) bond motifs is 1. The van der Waals surface area contributed by atoms with Crippen molar-refractivity contribution in [3.63, 3.8) is 0 Å². The first-order chi connectivity index (χ1) is 15.5. The summed E-state index contributed by atoms with van der Waals surface area (Å²) in [6.45, 7) is 0.352. The number of amides is 2. The smallest absolute Gasteiger partial charge is 0.374 e. The zero-order chi connectivity index (χ0) is 22.7. The summed E-state index contributed by atoms with van der Waals surface area (Å²) < 4.78 is 10.7. The minimum Gasteiger partial charge on any atom is -0.460 e. The number of rotatable bonds is 8. The number of nitro groups is 1. The second-order valence-corrected chi connectivity index (χ2v) is 7.12. The molecule has 4 rings (SSSR count). The number of nitrogens with zero attached hydrogens (tertiary/aromatic N) is 2. The molecule has 3 aromatic rings. The van der Waals surface area contributed by atoms with Crippen LogP contribution in [0.1, 0.15) is 44.1 Å². The number of ether oxygens (including phenoxy) is 1. The lowest BCUT2D eigenvalue weighted by molar-refractivity contribution is -0.384. The van der Waals surface area contributed by atoms with Crippen LogP contribution in [0.25, 0.3) is 11.3 Å². The molecule has 2 amide bonds.